The molecule has 6 heteroatoms. The molecule has 0 unspecified atom stereocenters. The lowest BCUT2D eigenvalue weighted by Crippen LogP contribution is -2.49. The number of hydrogen-bond acceptors (Lipinski definition) is 5. The van der Waals surface area contributed by atoms with E-state index in [1.54, 1.807) is 0 Å². The number of nitrogens with zero attached hydrogens (tertiary/aromatic N) is 5. The Hall–Kier alpha value is -3.15. The highest BCUT2D eigenvalue weighted by atomic mass is 16.2. The second-order valence-corrected chi connectivity index (χ2v) is 7.71. The summed E-state index contributed by atoms with van der Waals surface area (Å²) in [6.45, 7) is 5.05. The van der Waals surface area contributed by atoms with Gasteiger partial charge in [0.1, 0.15) is 5.82 Å². The molecule has 6 nitrogen and oxygen atoms in total. The molecular weight excluding hydrogens is 362 g/mol. The van der Waals surface area contributed by atoms with Gasteiger partial charge in [-0.25, -0.2) is 4.98 Å². The molecule has 2 saturated heterocycles. The number of amides is 1. The molecule has 0 saturated carbocycles. The van der Waals surface area contributed by atoms with Crippen LogP contribution in [0.3, 0.4) is 0 Å². The van der Waals surface area contributed by atoms with Crippen molar-refractivity contribution in [2.24, 2.45) is 0 Å². The number of fused-ring (bicyclic) bond motifs is 1. The zero-order chi connectivity index (χ0) is 19.6. The molecule has 2 aliphatic heterocycles. The number of aromatic nitrogens is 2. The van der Waals surface area contributed by atoms with Crippen molar-refractivity contribution in [3.05, 3.63) is 60.3 Å². The molecule has 2 aliphatic rings. The van der Waals surface area contributed by atoms with Crippen LogP contribution in [-0.4, -0.2) is 60.0 Å². The number of carbonyl (C=O) groups excluding carboxylic acids is 1. The maximum Gasteiger partial charge on any atom is 0.254 e. The molecule has 0 bridgehead atoms. The lowest BCUT2D eigenvalue weighted by molar-refractivity contribution is 0.0748. The lowest BCUT2D eigenvalue weighted by atomic mass is 10.0. The van der Waals surface area contributed by atoms with Crippen LogP contribution in [0.2, 0.25) is 0 Å². The van der Waals surface area contributed by atoms with Crippen LogP contribution in [0, 0.1) is 0 Å². The Morgan fingerprint density at radius 2 is 1.55 bits per heavy atom. The highest BCUT2D eigenvalue weighted by Crippen LogP contribution is 2.23. The standard InChI is InChI=1S/C23H25N5O/c29-22(20-9-5-7-18-6-1-2-8-19(18)20)27-16-14-26(15-17-27)21-10-11-24-23(25-21)28-12-3-4-13-28/h1-2,5-11H,3-4,12-17H2. The van der Waals surface area contributed by atoms with Gasteiger partial charge in [-0.2, -0.15) is 4.98 Å². The van der Waals surface area contributed by atoms with Crippen LogP contribution >= 0.6 is 0 Å². The quantitative estimate of drug-likeness (QED) is 0.691. The van der Waals surface area contributed by atoms with E-state index in [-0.39, 0.29) is 5.91 Å². The molecule has 1 aromatic heterocycles. The molecule has 3 aromatic rings. The molecule has 0 radical (unpaired) electrons. The Morgan fingerprint density at radius 3 is 2.38 bits per heavy atom. The summed E-state index contributed by atoms with van der Waals surface area (Å²) in [7, 11) is 0. The SMILES string of the molecule is O=C(c1cccc2ccccc12)N1CCN(c2ccnc(N3CCCC3)n2)CC1. The van der Waals surface area contributed by atoms with E-state index >= 15 is 0 Å². The number of carbonyl (C=O) groups is 1. The average molecular weight is 387 g/mol. The Kier molecular flexibility index (Phi) is 4.76. The minimum absolute atomic E-state index is 0.113. The van der Waals surface area contributed by atoms with Gasteiger partial charge in [0.25, 0.3) is 5.91 Å². The van der Waals surface area contributed by atoms with Crippen molar-refractivity contribution in [1.29, 1.82) is 0 Å². The van der Waals surface area contributed by atoms with Crippen molar-refractivity contribution < 1.29 is 4.79 Å². The zero-order valence-corrected chi connectivity index (χ0v) is 16.5. The Morgan fingerprint density at radius 1 is 0.793 bits per heavy atom. The van der Waals surface area contributed by atoms with E-state index < -0.39 is 0 Å². The summed E-state index contributed by atoms with van der Waals surface area (Å²) in [4.78, 5) is 28.9. The molecule has 1 amide bonds. The van der Waals surface area contributed by atoms with Crippen molar-refractivity contribution in [2.45, 2.75) is 12.8 Å². The first-order chi connectivity index (χ1) is 14.3. The summed E-state index contributed by atoms with van der Waals surface area (Å²) < 4.78 is 0. The smallest absolute Gasteiger partial charge is 0.254 e. The molecule has 2 aromatic carbocycles. The fourth-order valence-corrected chi connectivity index (χ4v) is 4.31. The Balaban J connectivity index is 1.29. The monoisotopic (exact) mass is 387 g/mol. The number of piperazine rings is 1. The molecular formula is C23H25N5O. The minimum Gasteiger partial charge on any atom is -0.353 e. The van der Waals surface area contributed by atoms with Crippen molar-refractivity contribution >= 4 is 28.4 Å². The zero-order valence-electron chi connectivity index (χ0n) is 16.5. The van der Waals surface area contributed by atoms with Gasteiger partial charge in [-0.1, -0.05) is 36.4 Å². The van der Waals surface area contributed by atoms with Crippen LogP contribution in [0.5, 0.6) is 0 Å². The fraction of sp³-hybridized carbons (Fsp3) is 0.348. The van der Waals surface area contributed by atoms with Crippen LogP contribution in [-0.2, 0) is 0 Å². The fourth-order valence-electron chi connectivity index (χ4n) is 4.31. The van der Waals surface area contributed by atoms with Gasteiger partial charge in [-0.15, -0.1) is 0 Å². The largest absolute Gasteiger partial charge is 0.353 e. The number of anilines is 2. The highest BCUT2D eigenvalue weighted by Gasteiger charge is 2.24. The summed E-state index contributed by atoms with van der Waals surface area (Å²) in [6.07, 6.45) is 4.27. The topological polar surface area (TPSA) is 52.6 Å². The number of hydrogen-bond donors (Lipinski definition) is 0. The molecule has 0 N–H and O–H groups in total. The van der Waals surface area contributed by atoms with Crippen LogP contribution < -0.4 is 9.80 Å². The molecule has 0 atom stereocenters. The Bertz CT molecular complexity index is 1020. The van der Waals surface area contributed by atoms with Crippen LogP contribution in [0.15, 0.2) is 54.7 Å². The van der Waals surface area contributed by atoms with E-state index in [0.717, 1.165) is 54.3 Å². The molecule has 0 spiro atoms. The average Bonchev–Trinajstić information content (AvgIpc) is 3.34. The van der Waals surface area contributed by atoms with E-state index in [2.05, 4.69) is 26.9 Å². The van der Waals surface area contributed by atoms with Gasteiger partial charge >= 0.3 is 0 Å². The van der Waals surface area contributed by atoms with Gasteiger partial charge in [0, 0.05) is 51.0 Å². The van der Waals surface area contributed by atoms with Gasteiger partial charge < -0.3 is 14.7 Å². The summed E-state index contributed by atoms with van der Waals surface area (Å²) in [6, 6.07) is 16.0. The third-order valence-electron chi connectivity index (χ3n) is 5.93. The molecule has 29 heavy (non-hydrogen) atoms. The number of rotatable bonds is 3. The Labute approximate surface area is 170 Å². The van der Waals surface area contributed by atoms with Crippen molar-refractivity contribution in [3.63, 3.8) is 0 Å². The van der Waals surface area contributed by atoms with Gasteiger partial charge in [-0.3, -0.25) is 4.79 Å². The van der Waals surface area contributed by atoms with Gasteiger partial charge in [0.2, 0.25) is 5.95 Å². The van der Waals surface area contributed by atoms with Crippen molar-refractivity contribution in [3.8, 4) is 0 Å². The second-order valence-electron chi connectivity index (χ2n) is 7.71. The lowest BCUT2D eigenvalue weighted by Gasteiger charge is -2.35. The number of benzene rings is 2. The van der Waals surface area contributed by atoms with E-state index in [1.807, 2.05) is 47.5 Å². The molecule has 3 heterocycles. The summed E-state index contributed by atoms with van der Waals surface area (Å²) in [5, 5.41) is 2.13. The molecule has 0 aliphatic carbocycles. The van der Waals surface area contributed by atoms with E-state index in [1.165, 1.54) is 12.8 Å². The van der Waals surface area contributed by atoms with Gasteiger partial charge in [-0.05, 0) is 35.7 Å². The first-order valence-electron chi connectivity index (χ1n) is 10.4. The van der Waals surface area contributed by atoms with Crippen molar-refractivity contribution in [2.75, 3.05) is 49.1 Å². The summed E-state index contributed by atoms with van der Waals surface area (Å²) in [5.41, 5.74) is 0.787. The normalized spacial score (nSPS) is 17.2. The van der Waals surface area contributed by atoms with Crippen LogP contribution in [0.4, 0.5) is 11.8 Å². The minimum atomic E-state index is 0.113. The predicted octanol–water partition coefficient (Wildman–Crippen LogP) is 3.19. The predicted molar refractivity (Wildman–Crippen MR) is 116 cm³/mol. The summed E-state index contributed by atoms with van der Waals surface area (Å²) >= 11 is 0. The summed E-state index contributed by atoms with van der Waals surface area (Å²) in [5.74, 6) is 1.90. The van der Waals surface area contributed by atoms with E-state index in [9.17, 15) is 4.79 Å². The third kappa shape index (κ3) is 3.50. The van der Waals surface area contributed by atoms with Crippen LogP contribution in [0.25, 0.3) is 10.8 Å². The first kappa shape index (κ1) is 17.9. The maximum atomic E-state index is 13.2. The second kappa shape index (κ2) is 7.70. The van der Waals surface area contributed by atoms with Crippen molar-refractivity contribution in [1.82, 2.24) is 14.9 Å². The van der Waals surface area contributed by atoms with Crippen LogP contribution in [0.1, 0.15) is 23.2 Å². The molecule has 5 rings (SSSR count). The first-order valence-corrected chi connectivity index (χ1v) is 10.4. The van der Waals surface area contributed by atoms with E-state index in [4.69, 9.17) is 4.98 Å². The van der Waals surface area contributed by atoms with E-state index in [0.29, 0.717) is 13.1 Å². The molecule has 148 valence electrons. The molecule has 2 fully saturated rings. The third-order valence-corrected chi connectivity index (χ3v) is 5.93. The van der Waals surface area contributed by atoms with Gasteiger partial charge in [0.05, 0.1) is 0 Å². The maximum absolute atomic E-state index is 13.2. The van der Waals surface area contributed by atoms with Gasteiger partial charge in [0.15, 0.2) is 0 Å². The highest BCUT2D eigenvalue weighted by molar-refractivity contribution is 6.07.